The summed E-state index contributed by atoms with van der Waals surface area (Å²) in [5, 5.41) is 56.4. The Morgan fingerprint density at radius 1 is 0.361 bits per heavy atom. The summed E-state index contributed by atoms with van der Waals surface area (Å²) in [7, 11) is 0. The first-order valence-electron chi connectivity index (χ1n) is 13.1. The Hall–Kier alpha value is -0.480. The molecule has 6 N–H and O–H groups in total. The van der Waals surface area contributed by atoms with E-state index in [4.69, 9.17) is 38.9 Å². The van der Waals surface area contributed by atoms with Crippen LogP contribution in [0.25, 0.3) is 0 Å². The fraction of sp³-hybridized carbons (Fsp3) is 1.00. The summed E-state index contributed by atoms with van der Waals surface area (Å²) < 4.78 is 21.0. The van der Waals surface area contributed by atoms with Crippen LogP contribution >= 0.6 is 0 Å². The van der Waals surface area contributed by atoms with Crippen molar-refractivity contribution < 1.29 is 59.4 Å². The van der Waals surface area contributed by atoms with E-state index in [9.17, 15) is 20.4 Å². The number of unbranched alkanes of at least 4 members (excludes halogenated alkanes) is 2. The van der Waals surface area contributed by atoms with E-state index in [1.807, 2.05) is 0 Å². The highest BCUT2D eigenvalue weighted by molar-refractivity contribution is 4.50. The topological polar surface area (TPSA) is 177 Å². The minimum Gasteiger partial charge on any atom is -0.396 e. The van der Waals surface area contributed by atoms with Crippen LogP contribution in [0.2, 0.25) is 0 Å². The van der Waals surface area contributed by atoms with E-state index >= 15 is 0 Å². The largest absolute Gasteiger partial charge is 0.396 e. The van der Waals surface area contributed by atoms with Crippen molar-refractivity contribution in [3.05, 3.63) is 0 Å². The first-order chi connectivity index (χ1) is 17.5. The Balaban J connectivity index is 3.45. The molecule has 0 saturated heterocycles. The smallest absolute Gasteiger partial charge is 0.154 e. The lowest BCUT2D eigenvalue weighted by Gasteiger charge is -2.16. The van der Waals surface area contributed by atoms with Gasteiger partial charge in [-0.05, 0) is 51.4 Å². The number of ether oxygens (including phenoxy) is 4. The van der Waals surface area contributed by atoms with E-state index in [1.165, 1.54) is 0 Å². The average molecular weight is 531 g/mol. The zero-order valence-corrected chi connectivity index (χ0v) is 21.6. The van der Waals surface area contributed by atoms with Crippen molar-refractivity contribution in [1.82, 2.24) is 0 Å². The van der Waals surface area contributed by atoms with Gasteiger partial charge in [-0.25, -0.2) is 9.78 Å². The van der Waals surface area contributed by atoms with Gasteiger partial charge in [0.25, 0.3) is 0 Å². The number of rotatable bonds is 29. The van der Waals surface area contributed by atoms with Crippen LogP contribution < -0.4 is 0 Å². The number of aliphatic hydroxyl groups excluding tert-OH is 6. The van der Waals surface area contributed by atoms with Gasteiger partial charge >= 0.3 is 0 Å². The molecule has 0 aliphatic carbocycles. The third-order valence-electron chi connectivity index (χ3n) is 4.98. The van der Waals surface area contributed by atoms with Crippen molar-refractivity contribution in [2.75, 3.05) is 52.9 Å². The fourth-order valence-corrected chi connectivity index (χ4v) is 2.91. The monoisotopic (exact) mass is 530 g/mol. The molecule has 0 rings (SSSR count). The van der Waals surface area contributed by atoms with Crippen LogP contribution in [-0.2, 0) is 28.7 Å². The summed E-state index contributed by atoms with van der Waals surface area (Å²) in [6, 6.07) is 0. The lowest BCUT2D eigenvalue weighted by molar-refractivity contribution is -0.296. The molecule has 0 saturated carbocycles. The highest BCUT2D eigenvalue weighted by atomic mass is 17.2. The zero-order chi connectivity index (χ0) is 26.7. The first kappa shape index (κ1) is 35.5. The van der Waals surface area contributed by atoms with Crippen LogP contribution in [0.5, 0.6) is 0 Å². The molecule has 12 heteroatoms. The third kappa shape index (κ3) is 26.6. The van der Waals surface area contributed by atoms with Gasteiger partial charge in [0.2, 0.25) is 0 Å². The van der Waals surface area contributed by atoms with Crippen LogP contribution in [0.1, 0.15) is 77.0 Å². The molecule has 0 aromatic rings. The second-order valence-electron chi connectivity index (χ2n) is 8.38. The quantitative estimate of drug-likeness (QED) is 0.0350. The minimum absolute atomic E-state index is 0.109. The molecule has 12 nitrogen and oxygen atoms in total. The number of hydrogen-bond acceptors (Lipinski definition) is 12. The Labute approximate surface area is 215 Å². The summed E-state index contributed by atoms with van der Waals surface area (Å²) in [5.41, 5.74) is 0. The molecule has 0 bridgehead atoms. The zero-order valence-electron chi connectivity index (χ0n) is 21.6. The van der Waals surface area contributed by atoms with Gasteiger partial charge in [0.1, 0.15) is 0 Å². The second-order valence-corrected chi connectivity index (χ2v) is 8.38. The van der Waals surface area contributed by atoms with Gasteiger partial charge in [0.15, 0.2) is 25.2 Å². The molecule has 36 heavy (non-hydrogen) atoms. The maximum absolute atomic E-state index is 9.85. The van der Waals surface area contributed by atoms with E-state index in [0.29, 0.717) is 97.1 Å². The minimum atomic E-state index is -0.945. The Kier molecular flexibility index (Phi) is 27.2. The van der Waals surface area contributed by atoms with E-state index in [-0.39, 0.29) is 26.4 Å². The fourth-order valence-electron chi connectivity index (χ4n) is 2.91. The van der Waals surface area contributed by atoms with Gasteiger partial charge in [-0.1, -0.05) is 0 Å². The molecule has 0 aromatic carbocycles. The molecule has 0 spiro atoms. The first-order valence-corrected chi connectivity index (χ1v) is 13.1. The van der Waals surface area contributed by atoms with E-state index in [1.54, 1.807) is 0 Å². The van der Waals surface area contributed by atoms with E-state index in [0.717, 1.165) is 6.42 Å². The molecule has 0 aliphatic heterocycles. The molecule has 218 valence electrons. The second kappa shape index (κ2) is 27.6. The lowest BCUT2D eigenvalue weighted by atomic mass is 10.3. The van der Waals surface area contributed by atoms with Crippen molar-refractivity contribution in [2.45, 2.75) is 102 Å². The predicted octanol–water partition coefficient (Wildman–Crippen LogP) is 0.940. The average Bonchev–Trinajstić information content (AvgIpc) is 2.86. The summed E-state index contributed by atoms with van der Waals surface area (Å²) in [5.74, 6) is 0. The van der Waals surface area contributed by atoms with Crippen molar-refractivity contribution in [3.63, 3.8) is 0 Å². The highest BCUT2D eigenvalue weighted by Crippen LogP contribution is 2.07. The summed E-state index contributed by atoms with van der Waals surface area (Å²) >= 11 is 0. The molecule has 0 aliphatic rings. The van der Waals surface area contributed by atoms with Crippen molar-refractivity contribution in [2.24, 2.45) is 0 Å². The van der Waals surface area contributed by atoms with Gasteiger partial charge in [-0.3, -0.25) is 0 Å². The van der Waals surface area contributed by atoms with Gasteiger partial charge in [-0.2, -0.15) is 0 Å². The van der Waals surface area contributed by atoms with Crippen LogP contribution in [0.15, 0.2) is 0 Å². The predicted molar refractivity (Wildman–Crippen MR) is 129 cm³/mol. The van der Waals surface area contributed by atoms with Crippen molar-refractivity contribution >= 4 is 0 Å². The van der Waals surface area contributed by atoms with Gasteiger partial charge in [0.05, 0.1) is 13.2 Å². The molecule has 0 radical (unpaired) electrons. The SMILES string of the molecule is OCCCCOOCCCC(O)OCCCC(O)OCCCC(O)OCCCC(O)OCCCCO. The van der Waals surface area contributed by atoms with Gasteiger partial charge < -0.3 is 49.6 Å². The summed E-state index contributed by atoms with van der Waals surface area (Å²) in [6.45, 7) is 2.26. The van der Waals surface area contributed by atoms with Crippen LogP contribution in [0, 0.1) is 0 Å². The van der Waals surface area contributed by atoms with E-state index in [2.05, 4.69) is 0 Å². The molecular weight excluding hydrogens is 480 g/mol. The standard InChI is InChI=1S/C24H50O12/c25-13-1-3-15-31-21(27)9-5-16-32-22(28)10-6-17-33-23(29)11-7-18-34-24(30)12-8-20-36-35-19-4-2-14-26/h21-30H,1-20H2. The van der Waals surface area contributed by atoms with Crippen molar-refractivity contribution in [3.8, 4) is 0 Å². The van der Waals surface area contributed by atoms with Crippen LogP contribution in [0.4, 0.5) is 0 Å². The Morgan fingerprint density at radius 2 is 0.639 bits per heavy atom. The molecular formula is C24H50O12. The number of hydrogen-bond donors (Lipinski definition) is 6. The number of aliphatic hydroxyl groups is 6. The third-order valence-corrected chi connectivity index (χ3v) is 4.98. The molecule has 4 atom stereocenters. The molecule has 0 amide bonds. The maximum Gasteiger partial charge on any atom is 0.154 e. The summed E-state index contributed by atoms with van der Waals surface area (Å²) in [4.78, 5) is 9.89. The molecule has 0 heterocycles. The van der Waals surface area contributed by atoms with Crippen LogP contribution in [0.3, 0.4) is 0 Å². The van der Waals surface area contributed by atoms with E-state index < -0.39 is 25.2 Å². The van der Waals surface area contributed by atoms with Crippen LogP contribution in [-0.4, -0.2) is 109 Å². The molecule has 0 aromatic heterocycles. The molecule has 0 fully saturated rings. The van der Waals surface area contributed by atoms with Gasteiger partial charge in [0, 0.05) is 65.3 Å². The van der Waals surface area contributed by atoms with Crippen molar-refractivity contribution in [1.29, 1.82) is 0 Å². The maximum atomic E-state index is 9.85. The highest BCUT2D eigenvalue weighted by Gasteiger charge is 2.10. The normalized spacial score (nSPS) is 15.2. The lowest BCUT2D eigenvalue weighted by Crippen LogP contribution is -2.19. The Morgan fingerprint density at radius 3 is 1.00 bits per heavy atom. The molecule has 4 unspecified atom stereocenters. The van der Waals surface area contributed by atoms with Gasteiger partial charge in [-0.15, -0.1) is 0 Å². The summed E-state index contributed by atoms with van der Waals surface area (Å²) in [6.07, 6.45) is 2.75. The Bertz CT molecular complexity index is 432.